The molecule has 2 aromatic rings. The van der Waals surface area contributed by atoms with Crippen LogP contribution in [0.25, 0.3) is 11.0 Å². The van der Waals surface area contributed by atoms with Crippen LogP contribution in [0.2, 0.25) is 0 Å². The molecule has 1 unspecified atom stereocenters. The van der Waals surface area contributed by atoms with E-state index in [4.69, 9.17) is 16.6 Å². The van der Waals surface area contributed by atoms with Crippen LogP contribution in [0.3, 0.4) is 0 Å². The number of unbranched alkanes of at least 4 members (excludes halogenated alkanes) is 1. The predicted octanol–water partition coefficient (Wildman–Crippen LogP) is 5.47. The van der Waals surface area contributed by atoms with Crippen molar-refractivity contribution in [2.45, 2.75) is 58.9 Å². The number of alkyl halides is 1. The Morgan fingerprint density at radius 3 is 2.60 bits per heavy atom. The summed E-state index contributed by atoms with van der Waals surface area (Å²) in [5, 5.41) is -0.0483. The largest absolute Gasteiger partial charge is 0.327 e. The second kappa shape index (κ2) is 6.62. The van der Waals surface area contributed by atoms with Gasteiger partial charge in [-0.3, -0.25) is 0 Å². The van der Waals surface area contributed by atoms with E-state index in [0.717, 1.165) is 23.8 Å². The van der Waals surface area contributed by atoms with Crippen LogP contribution in [0.4, 0.5) is 0 Å². The lowest BCUT2D eigenvalue weighted by Crippen LogP contribution is -2.05. The van der Waals surface area contributed by atoms with Crippen LogP contribution in [-0.2, 0) is 6.54 Å². The zero-order valence-corrected chi connectivity index (χ0v) is 13.7. The summed E-state index contributed by atoms with van der Waals surface area (Å²) in [6.07, 6.45) is 3.74. The van der Waals surface area contributed by atoms with Crippen LogP contribution in [0.5, 0.6) is 0 Å². The molecular weight excluding hydrogens is 268 g/mol. The quantitative estimate of drug-likeness (QED) is 0.510. The summed E-state index contributed by atoms with van der Waals surface area (Å²) >= 11 is 6.30. The Labute approximate surface area is 127 Å². The van der Waals surface area contributed by atoms with Crippen molar-refractivity contribution in [3.63, 3.8) is 0 Å². The van der Waals surface area contributed by atoms with Crippen molar-refractivity contribution >= 4 is 22.6 Å². The third kappa shape index (κ3) is 3.54. The fraction of sp³-hybridized carbons (Fsp3) is 0.588. The standard InChI is InChI=1S/C17H25ClN2/c1-12(2)7-5-6-10-20-16-11-13(3)8-9-15(16)19-17(20)14(4)18/h8-9,11-12,14H,5-7,10H2,1-4H3. The van der Waals surface area contributed by atoms with Gasteiger partial charge < -0.3 is 4.57 Å². The number of halogens is 1. The maximum Gasteiger partial charge on any atom is 0.127 e. The second-order valence-corrected chi connectivity index (χ2v) is 6.77. The summed E-state index contributed by atoms with van der Waals surface area (Å²) in [7, 11) is 0. The first-order valence-electron chi connectivity index (χ1n) is 7.60. The summed E-state index contributed by atoms with van der Waals surface area (Å²) in [6.45, 7) is 9.70. The Bertz CT molecular complexity index is 570. The highest BCUT2D eigenvalue weighted by molar-refractivity contribution is 6.20. The number of fused-ring (bicyclic) bond motifs is 1. The zero-order valence-electron chi connectivity index (χ0n) is 13.0. The normalized spacial score (nSPS) is 13.3. The van der Waals surface area contributed by atoms with E-state index in [1.165, 1.54) is 30.3 Å². The van der Waals surface area contributed by atoms with Crippen molar-refractivity contribution in [3.05, 3.63) is 29.6 Å². The number of benzene rings is 1. The minimum Gasteiger partial charge on any atom is -0.327 e. The number of hydrogen-bond donors (Lipinski definition) is 0. The fourth-order valence-corrected chi connectivity index (χ4v) is 2.78. The Balaban J connectivity index is 2.24. The molecule has 0 fully saturated rings. The van der Waals surface area contributed by atoms with Gasteiger partial charge in [-0.2, -0.15) is 0 Å². The summed E-state index contributed by atoms with van der Waals surface area (Å²) in [5.41, 5.74) is 3.55. The summed E-state index contributed by atoms with van der Waals surface area (Å²) < 4.78 is 2.31. The van der Waals surface area contributed by atoms with Crippen molar-refractivity contribution in [1.29, 1.82) is 0 Å². The van der Waals surface area contributed by atoms with Gasteiger partial charge in [0, 0.05) is 6.54 Å². The monoisotopic (exact) mass is 292 g/mol. The molecule has 0 amide bonds. The van der Waals surface area contributed by atoms with Gasteiger partial charge in [0.05, 0.1) is 16.4 Å². The van der Waals surface area contributed by atoms with Crippen molar-refractivity contribution in [2.24, 2.45) is 5.92 Å². The molecule has 0 bridgehead atoms. The molecule has 3 heteroatoms. The molecule has 0 saturated heterocycles. The van der Waals surface area contributed by atoms with Gasteiger partial charge in [0.2, 0.25) is 0 Å². The van der Waals surface area contributed by atoms with Crippen molar-refractivity contribution < 1.29 is 0 Å². The molecular formula is C17H25ClN2. The van der Waals surface area contributed by atoms with Crippen LogP contribution in [0.1, 0.15) is 56.8 Å². The van der Waals surface area contributed by atoms with Gasteiger partial charge in [-0.25, -0.2) is 4.98 Å². The first kappa shape index (κ1) is 15.4. The Morgan fingerprint density at radius 2 is 1.95 bits per heavy atom. The maximum atomic E-state index is 6.30. The lowest BCUT2D eigenvalue weighted by atomic mass is 10.1. The van der Waals surface area contributed by atoms with E-state index < -0.39 is 0 Å². The highest BCUT2D eigenvalue weighted by Crippen LogP contribution is 2.26. The molecule has 0 spiro atoms. The van der Waals surface area contributed by atoms with Crippen LogP contribution >= 0.6 is 11.6 Å². The molecule has 2 rings (SSSR count). The molecule has 1 aromatic heterocycles. The van der Waals surface area contributed by atoms with E-state index in [0.29, 0.717) is 0 Å². The molecule has 1 aromatic carbocycles. The first-order valence-corrected chi connectivity index (χ1v) is 8.03. The van der Waals surface area contributed by atoms with Crippen molar-refractivity contribution in [1.82, 2.24) is 9.55 Å². The average Bonchev–Trinajstić information content (AvgIpc) is 2.73. The van der Waals surface area contributed by atoms with Crippen molar-refractivity contribution in [3.8, 4) is 0 Å². The number of aryl methyl sites for hydroxylation is 2. The van der Waals surface area contributed by atoms with Gasteiger partial charge in [-0.1, -0.05) is 32.8 Å². The van der Waals surface area contributed by atoms with Gasteiger partial charge >= 0.3 is 0 Å². The van der Waals surface area contributed by atoms with E-state index in [1.54, 1.807) is 0 Å². The SMILES string of the molecule is Cc1ccc2nc(C(C)Cl)n(CCCCC(C)C)c2c1. The zero-order chi connectivity index (χ0) is 14.7. The molecule has 0 aliphatic rings. The van der Waals surface area contributed by atoms with E-state index in [1.807, 2.05) is 6.92 Å². The molecule has 20 heavy (non-hydrogen) atoms. The lowest BCUT2D eigenvalue weighted by Gasteiger charge is -2.11. The molecule has 2 nitrogen and oxygen atoms in total. The van der Waals surface area contributed by atoms with E-state index in [-0.39, 0.29) is 5.38 Å². The molecule has 0 aliphatic carbocycles. The molecule has 1 heterocycles. The predicted molar refractivity (Wildman–Crippen MR) is 87.4 cm³/mol. The number of imidazole rings is 1. The lowest BCUT2D eigenvalue weighted by molar-refractivity contribution is 0.507. The first-order chi connectivity index (χ1) is 9.49. The number of rotatable bonds is 6. The molecule has 110 valence electrons. The van der Waals surface area contributed by atoms with E-state index >= 15 is 0 Å². The van der Waals surface area contributed by atoms with Crippen molar-refractivity contribution in [2.75, 3.05) is 0 Å². The Morgan fingerprint density at radius 1 is 1.20 bits per heavy atom. The van der Waals surface area contributed by atoms with Gasteiger partial charge in [-0.15, -0.1) is 11.6 Å². The van der Waals surface area contributed by atoms with Gasteiger partial charge in [0.25, 0.3) is 0 Å². The van der Waals surface area contributed by atoms with Gasteiger partial charge in [0.15, 0.2) is 0 Å². The Kier molecular flexibility index (Phi) is 5.09. The summed E-state index contributed by atoms with van der Waals surface area (Å²) in [4.78, 5) is 4.70. The minimum absolute atomic E-state index is 0.0483. The fourth-order valence-electron chi connectivity index (χ4n) is 2.61. The summed E-state index contributed by atoms with van der Waals surface area (Å²) in [5.74, 6) is 1.78. The smallest absolute Gasteiger partial charge is 0.127 e. The second-order valence-electron chi connectivity index (χ2n) is 6.12. The molecule has 0 saturated carbocycles. The topological polar surface area (TPSA) is 17.8 Å². The molecule has 1 atom stereocenters. The minimum atomic E-state index is -0.0483. The van der Waals surface area contributed by atoms with Crippen LogP contribution in [-0.4, -0.2) is 9.55 Å². The number of aromatic nitrogens is 2. The number of nitrogens with zero attached hydrogens (tertiary/aromatic N) is 2. The Hall–Kier alpha value is -1.02. The van der Waals surface area contributed by atoms with Crippen LogP contribution < -0.4 is 0 Å². The van der Waals surface area contributed by atoms with Crippen LogP contribution in [0.15, 0.2) is 18.2 Å². The third-order valence-corrected chi connectivity index (χ3v) is 3.90. The molecule has 0 radical (unpaired) electrons. The highest BCUT2D eigenvalue weighted by Gasteiger charge is 2.14. The van der Waals surface area contributed by atoms with Crippen LogP contribution in [0, 0.1) is 12.8 Å². The maximum absolute atomic E-state index is 6.30. The van der Waals surface area contributed by atoms with Gasteiger partial charge in [-0.05, 0) is 43.9 Å². The summed E-state index contributed by atoms with van der Waals surface area (Å²) in [6, 6.07) is 6.42. The third-order valence-electron chi connectivity index (χ3n) is 3.70. The number of hydrogen-bond acceptors (Lipinski definition) is 1. The molecule has 0 N–H and O–H groups in total. The average molecular weight is 293 g/mol. The molecule has 0 aliphatic heterocycles. The highest BCUT2D eigenvalue weighted by atomic mass is 35.5. The van der Waals surface area contributed by atoms with Gasteiger partial charge in [0.1, 0.15) is 5.82 Å². The van der Waals surface area contributed by atoms with E-state index in [9.17, 15) is 0 Å². The van der Waals surface area contributed by atoms with E-state index in [2.05, 4.69) is 43.5 Å².